The Balaban J connectivity index is 2.03. The van der Waals surface area contributed by atoms with Gasteiger partial charge in [0, 0.05) is 17.8 Å². The lowest BCUT2D eigenvalue weighted by Gasteiger charge is -2.36. The van der Waals surface area contributed by atoms with Crippen molar-refractivity contribution in [3.05, 3.63) is 23.5 Å². The van der Waals surface area contributed by atoms with Crippen LogP contribution < -0.4 is 5.32 Å². The van der Waals surface area contributed by atoms with Crippen LogP contribution in [0, 0.1) is 6.92 Å². The molecule has 1 aromatic rings. The summed E-state index contributed by atoms with van der Waals surface area (Å²) in [5.41, 5.74) is 1.37. The molecule has 0 spiro atoms. The molecule has 0 amide bonds. The number of aliphatic hydroxyl groups is 1. The molecule has 1 aromatic heterocycles. The molecule has 1 fully saturated rings. The first-order chi connectivity index (χ1) is 8.65. The van der Waals surface area contributed by atoms with E-state index in [1.165, 1.54) is 6.42 Å². The molecule has 0 aliphatic heterocycles. The Kier molecular flexibility index (Phi) is 4.19. The minimum Gasteiger partial charge on any atom is -0.506 e. The van der Waals surface area contributed by atoms with Crippen LogP contribution in [0.1, 0.15) is 43.5 Å². The second kappa shape index (κ2) is 5.67. The number of aliphatic hydroxyl groups excluding tert-OH is 1. The lowest BCUT2D eigenvalue weighted by Crippen LogP contribution is -2.49. The summed E-state index contributed by atoms with van der Waals surface area (Å²) in [5.74, 6) is 0.219. The maximum absolute atomic E-state index is 9.76. The second-order valence-corrected chi connectivity index (χ2v) is 5.27. The van der Waals surface area contributed by atoms with Crippen molar-refractivity contribution in [2.45, 2.75) is 51.1 Å². The van der Waals surface area contributed by atoms with Gasteiger partial charge in [-0.05, 0) is 31.9 Å². The van der Waals surface area contributed by atoms with Gasteiger partial charge < -0.3 is 15.5 Å². The van der Waals surface area contributed by atoms with Crippen molar-refractivity contribution in [1.82, 2.24) is 10.3 Å². The number of aromatic nitrogens is 1. The van der Waals surface area contributed by atoms with E-state index in [0.717, 1.165) is 31.4 Å². The predicted molar refractivity (Wildman–Crippen MR) is 70.4 cm³/mol. The van der Waals surface area contributed by atoms with Crippen LogP contribution >= 0.6 is 0 Å². The van der Waals surface area contributed by atoms with Crippen LogP contribution in [-0.2, 0) is 6.54 Å². The highest BCUT2D eigenvalue weighted by molar-refractivity contribution is 5.27. The standard InChI is InChI=1S/C14H22N2O2/c1-11-5-6-13(18)12(16-11)9-15-14(10-17)7-3-2-4-8-14/h5-6,15,17-18H,2-4,7-10H2,1H3. The molecule has 1 heterocycles. The van der Waals surface area contributed by atoms with E-state index < -0.39 is 0 Å². The molecular formula is C14H22N2O2. The molecule has 0 unspecified atom stereocenters. The second-order valence-electron chi connectivity index (χ2n) is 5.27. The van der Waals surface area contributed by atoms with Crippen molar-refractivity contribution in [3.8, 4) is 5.75 Å². The summed E-state index contributed by atoms with van der Waals surface area (Å²) in [6.45, 7) is 2.57. The van der Waals surface area contributed by atoms with Gasteiger partial charge in [-0.15, -0.1) is 0 Å². The van der Waals surface area contributed by atoms with Gasteiger partial charge >= 0.3 is 0 Å². The molecule has 1 aliphatic rings. The SMILES string of the molecule is Cc1ccc(O)c(CNC2(CO)CCCCC2)n1. The quantitative estimate of drug-likeness (QED) is 0.763. The Labute approximate surface area is 108 Å². The average molecular weight is 250 g/mol. The van der Waals surface area contributed by atoms with E-state index in [2.05, 4.69) is 10.3 Å². The maximum Gasteiger partial charge on any atom is 0.138 e. The molecule has 0 saturated heterocycles. The van der Waals surface area contributed by atoms with Gasteiger partial charge in [0.2, 0.25) is 0 Å². The summed E-state index contributed by atoms with van der Waals surface area (Å²) in [7, 11) is 0. The van der Waals surface area contributed by atoms with E-state index in [1.807, 2.05) is 6.92 Å². The third-order valence-corrected chi connectivity index (χ3v) is 3.83. The molecule has 1 aliphatic carbocycles. The number of aryl methyl sites for hydroxylation is 1. The Morgan fingerprint density at radius 3 is 2.67 bits per heavy atom. The van der Waals surface area contributed by atoms with Crippen LogP contribution in [0.15, 0.2) is 12.1 Å². The molecular weight excluding hydrogens is 228 g/mol. The molecule has 18 heavy (non-hydrogen) atoms. The fraction of sp³-hybridized carbons (Fsp3) is 0.643. The van der Waals surface area contributed by atoms with Crippen LogP contribution in [0.3, 0.4) is 0 Å². The first-order valence-electron chi connectivity index (χ1n) is 6.67. The number of hydrogen-bond donors (Lipinski definition) is 3. The molecule has 3 N–H and O–H groups in total. The number of rotatable bonds is 4. The van der Waals surface area contributed by atoms with E-state index in [0.29, 0.717) is 12.2 Å². The molecule has 4 nitrogen and oxygen atoms in total. The van der Waals surface area contributed by atoms with E-state index >= 15 is 0 Å². The van der Waals surface area contributed by atoms with Gasteiger partial charge in [-0.1, -0.05) is 19.3 Å². The third-order valence-electron chi connectivity index (χ3n) is 3.83. The Morgan fingerprint density at radius 2 is 2.00 bits per heavy atom. The van der Waals surface area contributed by atoms with Crippen molar-refractivity contribution in [2.75, 3.05) is 6.61 Å². The predicted octanol–water partition coefficient (Wildman–Crippen LogP) is 1.88. The van der Waals surface area contributed by atoms with Gasteiger partial charge in [0.05, 0.1) is 12.3 Å². The molecule has 100 valence electrons. The molecule has 4 heteroatoms. The highest BCUT2D eigenvalue weighted by Crippen LogP contribution is 2.28. The largest absolute Gasteiger partial charge is 0.506 e. The number of pyridine rings is 1. The van der Waals surface area contributed by atoms with Crippen LogP contribution in [0.5, 0.6) is 5.75 Å². The zero-order chi connectivity index (χ0) is 13.0. The number of nitrogens with one attached hydrogen (secondary N) is 1. The van der Waals surface area contributed by atoms with Gasteiger partial charge in [-0.2, -0.15) is 0 Å². The van der Waals surface area contributed by atoms with E-state index in [-0.39, 0.29) is 17.9 Å². The summed E-state index contributed by atoms with van der Waals surface area (Å²) in [4.78, 5) is 4.33. The minimum atomic E-state index is -0.184. The number of aromatic hydroxyl groups is 1. The highest BCUT2D eigenvalue weighted by Gasteiger charge is 2.30. The Morgan fingerprint density at radius 1 is 1.28 bits per heavy atom. The van der Waals surface area contributed by atoms with Crippen molar-refractivity contribution < 1.29 is 10.2 Å². The summed E-state index contributed by atoms with van der Waals surface area (Å²) in [6, 6.07) is 3.47. The lowest BCUT2D eigenvalue weighted by molar-refractivity contribution is 0.119. The smallest absolute Gasteiger partial charge is 0.138 e. The zero-order valence-corrected chi connectivity index (χ0v) is 10.9. The van der Waals surface area contributed by atoms with Gasteiger partial charge in [0.1, 0.15) is 5.75 Å². The summed E-state index contributed by atoms with van der Waals surface area (Å²) in [5, 5.41) is 22.8. The fourth-order valence-corrected chi connectivity index (χ4v) is 2.62. The van der Waals surface area contributed by atoms with Crippen molar-refractivity contribution in [1.29, 1.82) is 0 Å². The summed E-state index contributed by atoms with van der Waals surface area (Å²) >= 11 is 0. The van der Waals surface area contributed by atoms with E-state index in [1.54, 1.807) is 12.1 Å². The van der Waals surface area contributed by atoms with Gasteiger partial charge in [-0.25, -0.2) is 0 Å². The Bertz CT molecular complexity index is 401. The first-order valence-corrected chi connectivity index (χ1v) is 6.67. The number of nitrogens with zero attached hydrogens (tertiary/aromatic N) is 1. The molecule has 0 atom stereocenters. The monoisotopic (exact) mass is 250 g/mol. The van der Waals surface area contributed by atoms with Crippen LogP contribution in [0.2, 0.25) is 0 Å². The highest BCUT2D eigenvalue weighted by atomic mass is 16.3. The van der Waals surface area contributed by atoms with Gasteiger partial charge in [0.25, 0.3) is 0 Å². The van der Waals surface area contributed by atoms with E-state index in [9.17, 15) is 10.2 Å². The molecule has 0 radical (unpaired) electrons. The zero-order valence-electron chi connectivity index (χ0n) is 10.9. The summed E-state index contributed by atoms with van der Waals surface area (Å²) in [6.07, 6.45) is 5.55. The minimum absolute atomic E-state index is 0.152. The lowest BCUT2D eigenvalue weighted by atomic mass is 9.82. The molecule has 1 saturated carbocycles. The molecule has 0 bridgehead atoms. The van der Waals surface area contributed by atoms with E-state index in [4.69, 9.17) is 0 Å². The molecule has 0 aromatic carbocycles. The summed E-state index contributed by atoms with van der Waals surface area (Å²) < 4.78 is 0. The Hall–Kier alpha value is -1.13. The fourth-order valence-electron chi connectivity index (χ4n) is 2.62. The first kappa shape index (κ1) is 13.3. The third kappa shape index (κ3) is 3.00. The maximum atomic E-state index is 9.76. The van der Waals surface area contributed by atoms with Crippen LogP contribution in [-0.4, -0.2) is 27.3 Å². The van der Waals surface area contributed by atoms with Crippen molar-refractivity contribution >= 4 is 0 Å². The average Bonchev–Trinajstić information content (AvgIpc) is 2.41. The van der Waals surface area contributed by atoms with Crippen molar-refractivity contribution in [3.63, 3.8) is 0 Å². The van der Waals surface area contributed by atoms with Crippen LogP contribution in [0.4, 0.5) is 0 Å². The van der Waals surface area contributed by atoms with Crippen LogP contribution in [0.25, 0.3) is 0 Å². The van der Waals surface area contributed by atoms with Crippen molar-refractivity contribution in [2.24, 2.45) is 0 Å². The normalized spacial score (nSPS) is 18.8. The van der Waals surface area contributed by atoms with Gasteiger partial charge in [0.15, 0.2) is 0 Å². The molecule has 2 rings (SSSR count). The topological polar surface area (TPSA) is 65.4 Å². The van der Waals surface area contributed by atoms with Gasteiger partial charge in [-0.3, -0.25) is 4.98 Å². The number of hydrogen-bond acceptors (Lipinski definition) is 4.